The first-order valence-corrected chi connectivity index (χ1v) is 6.59. The van der Waals surface area contributed by atoms with E-state index in [9.17, 15) is 4.39 Å². The van der Waals surface area contributed by atoms with Crippen LogP contribution in [0.4, 0.5) is 4.39 Å². The van der Waals surface area contributed by atoms with E-state index in [4.69, 9.17) is 0 Å². The molecular weight excluding hydrogens is 235 g/mol. The Hall–Kier alpha value is -1.26. The third-order valence-corrected chi connectivity index (χ3v) is 3.25. The Morgan fingerprint density at radius 2 is 2.18 bits per heavy atom. The van der Waals surface area contributed by atoms with Gasteiger partial charge in [-0.2, -0.15) is 0 Å². The van der Waals surface area contributed by atoms with Crippen LogP contribution < -0.4 is 5.32 Å². The minimum absolute atomic E-state index is 0.217. The highest BCUT2D eigenvalue weighted by molar-refractivity contribution is 7.09. The number of thiazole rings is 1. The van der Waals surface area contributed by atoms with E-state index >= 15 is 0 Å². The van der Waals surface area contributed by atoms with Crippen LogP contribution in [-0.4, -0.2) is 11.5 Å². The van der Waals surface area contributed by atoms with E-state index in [-0.39, 0.29) is 5.82 Å². The van der Waals surface area contributed by atoms with Gasteiger partial charge in [-0.25, -0.2) is 9.37 Å². The van der Waals surface area contributed by atoms with Crippen LogP contribution in [-0.2, 0) is 6.54 Å². The number of nitrogens with zero attached hydrogens (tertiary/aromatic N) is 1. The highest BCUT2D eigenvalue weighted by atomic mass is 32.1. The summed E-state index contributed by atoms with van der Waals surface area (Å²) >= 11 is 1.56. The predicted octanol–water partition coefficient (Wildman–Crippen LogP) is 3.45. The first-order chi connectivity index (χ1) is 8.31. The van der Waals surface area contributed by atoms with Crippen LogP contribution in [0.3, 0.4) is 0 Å². The molecule has 2 rings (SSSR count). The van der Waals surface area contributed by atoms with Crippen molar-refractivity contribution in [3.05, 3.63) is 40.5 Å². The highest BCUT2D eigenvalue weighted by Gasteiger charge is 2.08. The fraction of sp³-hybridized carbons (Fsp3) is 0.308. The molecule has 0 bridgehead atoms. The maximum absolute atomic E-state index is 13.5. The molecule has 0 fully saturated rings. The summed E-state index contributed by atoms with van der Waals surface area (Å²) in [5, 5.41) is 6.19. The zero-order valence-electron chi connectivity index (χ0n) is 9.74. The summed E-state index contributed by atoms with van der Waals surface area (Å²) in [5.74, 6) is -0.217. The molecule has 17 heavy (non-hydrogen) atoms. The average molecular weight is 250 g/mol. The highest BCUT2D eigenvalue weighted by Crippen LogP contribution is 2.24. The molecule has 2 nitrogen and oxygen atoms in total. The lowest BCUT2D eigenvalue weighted by Crippen LogP contribution is -2.13. The van der Waals surface area contributed by atoms with E-state index < -0.39 is 0 Å². The first kappa shape index (κ1) is 12.2. The molecule has 0 aliphatic rings. The molecule has 4 heteroatoms. The van der Waals surface area contributed by atoms with Crippen molar-refractivity contribution < 1.29 is 4.39 Å². The molecule has 0 atom stereocenters. The van der Waals surface area contributed by atoms with Crippen molar-refractivity contribution in [2.75, 3.05) is 6.54 Å². The number of aromatic nitrogens is 1. The summed E-state index contributed by atoms with van der Waals surface area (Å²) in [7, 11) is 0. The van der Waals surface area contributed by atoms with Crippen LogP contribution >= 0.6 is 11.3 Å². The quantitative estimate of drug-likeness (QED) is 0.822. The topological polar surface area (TPSA) is 24.9 Å². The number of hydrogen-bond acceptors (Lipinski definition) is 3. The van der Waals surface area contributed by atoms with Crippen molar-refractivity contribution in [3.8, 4) is 11.3 Å². The largest absolute Gasteiger partial charge is 0.310 e. The number of benzene rings is 1. The van der Waals surface area contributed by atoms with Crippen molar-refractivity contribution in [3.63, 3.8) is 0 Å². The lowest BCUT2D eigenvalue weighted by molar-refractivity contribution is 0.630. The zero-order chi connectivity index (χ0) is 12.1. The molecule has 0 radical (unpaired) electrons. The fourth-order valence-electron chi connectivity index (χ4n) is 1.56. The summed E-state index contributed by atoms with van der Waals surface area (Å²) in [4.78, 5) is 4.43. The van der Waals surface area contributed by atoms with Crippen molar-refractivity contribution in [1.82, 2.24) is 10.3 Å². The standard InChI is InChI=1S/C13H15FN2S/c1-2-7-15-8-13-16-12(9-17-13)10-5-3-4-6-11(10)14/h3-6,9,15H,2,7-8H2,1H3. The number of halogens is 1. The van der Waals surface area contributed by atoms with E-state index in [1.54, 1.807) is 23.5 Å². The molecule has 0 aliphatic heterocycles. The molecule has 0 aliphatic carbocycles. The van der Waals surface area contributed by atoms with Gasteiger partial charge in [-0.05, 0) is 25.1 Å². The van der Waals surface area contributed by atoms with Gasteiger partial charge in [-0.15, -0.1) is 11.3 Å². The number of nitrogens with one attached hydrogen (secondary N) is 1. The van der Waals surface area contributed by atoms with Gasteiger partial charge in [-0.3, -0.25) is 0 Å². The lowest BCUT2D eigenvalue weighted by Gasteiger charge is -1.99. The molecule has 2 aromatic rings. The number of rotatable bonds is 5. The first-order valence-electron chi connectivity index (χ1n) is 5.71. The molecule has 1 N–H and O–H groups in total. The van der Waals surface area contributed by atoms with E-state index in [0.717, 1.165) is 30.2 Å². The normalized spacial score (nSPS) is 10.7. The molecule has 0 unspecified atom stereocenters. The van der Waals surface area contributed by atoms with Crippen LogP contribution in [0.25, 0.3) is 11.3 Å². The van der Waals surface area contributed by atoms with Gasteiger partial charge in [0.25, 0.3) is 0 Å². The summed E-state index contributed by atoms with van der Waals surface area (Å²) in [6.07, 6.45) is 1.10. The predicted molar refractivity (Wildman–Crippen MR) is 69.5 cm³/mol. The molecule has 0 spiro atoms. The molecule has 0 amide bonds. The summed E-state index contributed by atoms with van der Waals surface area (Å²) in [5.41, 5.74) is 1.30. The third kappa shape index (κ3) is 3.11. The average Bonchev–Trinajstić information content (AvgIpc) is 2.79. The second-order valence-corrected chi connectivity index (χ2v) is 4.73. The minimum Gasteiger partial charge on any atom is -0.310 e. The summed E-state index contributed by atoms with van der Waals surface area (Å²) in [6, 6.07) is 6.74. The van der Waals surface area contributed by atoms with E-state index in [1.807, 2.05) is 11.4 Å². The van der Waals surface area contributed by atoms with Crippen molar-refractivity contribution in [2.24, 2.45) is 0 Å². The van der Waals surface area contributed by atoms with Crippen molar-refractivity contribution in [1.29, 1.82) is 0 Å². The Bertz CT molecular complexity index is 482. The third-order valence-electron chi connectivity index (χ3n) is 2.40. The Morgan fingerprint density at radius 3 is 2.94 bits per heavy atom. The Labute approximate surface area is 105 Å². The van der Waals surface area contributed by atoms with Crippen molar-refractivity contribution >= 4 is 11.3 Å². The fourth-order valence-corrected chi connectivity index (χ4v) is 2.32. The monoisotopic (exact) mass is 250 g/mol. The van der Waals surface area contributed by atoms with E-state index in [0.29, 0.717) is 5.56 Å². The van der Waals surface area contributed by atoms with E-state index in [1.165, 1.54) is 6.07 Å². The van der Waals surface area contributed by atoms with Crippen LogP contribution in [0.2, 0.25) is 0 Å². The van der Waals surface area contributed by atoms with Gasteiger partial charge in [-0.1, -0.05) is 19.1 Å². The molecule has 0 saturated heterocycles. The van der Waals surface area contributed by atoms with Gasteiger partial charge in [0.05, 0.1) is 5.69 Å². The maximum atomic E-state index is 13.5. The summed E-state index contributed by atoms with van der Waals surface area (Å²) < 4.78 is 13.5. The van der Waals surface area contributed by atoms with Gasteiger partial charge in [0, 0.05) is 17.5 Å². The van der Waals surface area contributed by atoms with Crippen LogP contribution in [0.1, 0.15) is 18.4 Å². The molecule has 0 saturated carbocycles. The summed E-state index contributed by atoms with van der Waals surface area (Å²) in [6.45, 7) is 3.86. The molecule has 1 aromatic carbocycles. The molecule has 90 valence electrons. The van der Waals surface area contributed by atoms with Gasteiger partial charge < -0.3 is 5.32 Å². The molecular formula is C13H15FN2S. The molecule has 1 heterocycles. The lowest BCUT2D eigenvalue weighted by atomic mass is 10.2. The Morgan fingerprint density at radius 1 is 1.35 bits per heavy atom. The van der Waals surface area contributed by atoms with Crippen molar-refractivity contribution in [2.45, 2.75) is 19.9 Å². The zero-order valence-corrected chi connectivity index (χ0v) is 10.6. The van der Waals surface area contributed by atoms with Crippen LogP contribution in [0.15, 0.2) is 29.6 Å². The minimum atomic E-state index is -0.217. The smallest absolute Gasteiger partial charge is 0.132 e. The second kappa shape index (κ2) is 5.89. The van der Waals surface area contributed by atoms with Gasteiger partial charge >= 0.3 is 0 Å². The Kier molecular flexibility index (Phi) is 4.23. The Balaban J connectivity index is 2.10. The van der Waals surface area contributed by atoms with E-state index in [2.05, 4.69) is 17.2 Å². The second-order valence-electron chi connectivity index (χ2n) is 3.78. The van der Waals surface area contributed by atoms with Gasteiger partial charge in [0.2, 0.25) is 0 Å². The molecule has 1 aromatic heterocycles. The SMILES string of the molecule is CCCNCc1nc(-c2ccccc2F)cs1. The van der Waals surface area contributed by atoms with Gasteiger partial charge in [0.1, 0.15) is 10.8 Å². The van der Waals surface area contributed by atoms with Crippen LogP contribution in [0.5, 0.6) is 0 Å². The number of hydrogen-bond donors (Lipinski definition) is 1. The van der Waals surface area contributed by atoms with Gasteiger partial charge in [0.15, 0.2) is 0 Å². The maximum Gasteiger partial charge on any atom is 0.132 e. The van der Waals surface area contributed by atoms with Crippen LogP contribution in [0, 0.1) is 5.82 Å².